The van der Waals surface area contributed by atoms with Crippen LogP contribution >= 0.6 is 0 Å². The van der Waals surface area contributed by atoms with E-state index in [1.807, 2.05) is 28.8 Å². The highest BCUT2D eigenvalue weighted by atomic mass is 16.2. The van der Waals surface area contributed by atoms with Crippen LogP contribution in [-0.2, 0) is 11.2 Å². The summed E-state index contributed by atoms with van der Waals surface area (Å²) in [6.07, 6.45) is 7.78. The molecular formula is C25H35N5O2. The predicted octanol–water partition coefficient (Wildman–Crippen LogP) is 2.55. The second-order valence-corrected chi connectivity index (χ2v) is 10.5. The van der Waals surface area contributed by atoms with Gasteiger partial charge >= 0.3 is 0 Å². The molecule has 0 spiro atoms. The van der Waals surface area contributed by atoms with Gasteiger partial charge in [0.25, 0.3) is 5.91 Å². The molecule has 1 aliphatic heterocycles. The summed E-state index contributed by atoms with van der Waals surface area (Å²) >= 11 is 0. The molecule has 3 atom stereocenters. The SMILES string of the molecule is CC1(C)[C@@H]2CC[C@@H](CNC(=O)c3cccc4nc(CC(=O)NC5CCNCC5)cn34)[C@@H]1C2. The number of pyridine rings is 1. The minimum atomic E-state index is -0.0713. The molecule has 4 aliphatic rings. The Morgan fingerprint density at radius 2 is 2.00 bits per heavy atom. The molecule has 1 saturated heterocycles. The first-order valence-corrected chi connectivity index (χ1v) is 12.2. The molecule has 2 bridgehead atoms. The van der Waals surface area contributed by atoms with Gasteiger partial charge in [0.05, 0.1) is 12.1 Å². The molecule has 0 unspecified atom stereocenters. The number of carbonyl (C=O) groups excluding carboxylic acids is 2. The first-order chi connectivity index (χ1) is 15.4. The Morgan fingerprint density at radius 1 is 1.19 bits per heavy atom. The summed E-state index contributed by atoms with van der Waals surface area (Å²) < 4.78 is 1.81. The van der Waals surface area contributed by atoms with E-state index in [2.05, 4.69) is 34.8 Å². The maximum atomic E-state index is 13.0. The molecular weight excluding hydrogens is 402 g/mol. The highest BCUT2D eigenvalue weighted by molar-refractivity contribution is 5.93. The van der Waals surface area contributed by atoms with Crippen LogP contribution in [0.25, 0.3) is 5.65 Å². The molecule has 7 heteroatoms. The minimum absolute atomic E-state index is 0.00924. The molecule has 172 valence electrons. The first kappa shape index (κ1) is 21.4. The third-order valence-corrected chi connectivity index (χ3v) is 8.35. The number of imidazole rings is 1. The van der Waals surface area contributed by atoms with E-state index >= 15 is 0 Å². The van der Waals surface area contributed by atoms with E-state index in [9.17, 15) is 9.59 Å². The highest BCUT2D eigenvalue weighted by Crippen LogP contribution is 2.61. The van der Waals surface area contributed by atoms with E-state index in [4.69, 9.17) is 0 Å². The third-order valence-electron chi connectivity index (χ3n) is 8.35. The smallest absolute Gasteiger partial charge is 0.268 e. The number of nitrogens with one attached hydrogen (secondary N) is 3. The van der Waals surface area contributed by atoms with Gasteiger partial charge in [0.2, 0.25) is 5.91 Å². The summed E-state index contributed by atoms with van der Waals surface area (Å²) in [5.74, 6) is 2.07. The Hall–Kier alpha value is -2.41. The molecule has 4 fully saturated rings. The van der Waals surface area contributed by atoms with E-state index < -0.39 is 0 Å². The average molecular weight is 438 g/mol. The van der Waals surface area contributed by atoms with Crippen molar-refractivity contribution < 1.29 is 9.59 Å². The summed E-state index contributed by atoms with van der Waals surface area (Å²) in [7, 11) is 0. The van der Waals surface area contributed by atoms with E-state index in [1.165, 1.54) is 19.3 Å². The number of hydrogen-bond acceptors (Lipinski definition) is 4. The van der Waals surface area contributed by atoms with Crippen LogP contribution in [0.2, 0.25) is 0 Å². The molecule has 0 radical (unpaired) electrons. The molecule has 2 aromatic rings. The standard InChI is InChI=1S/C25H35N5O2/c1-25(2)17-7-6-16(20(25)12-17)14-27-24(32)21-4-3-5-22-28-19(15-30(21)22)13-23(31)29-18-8-10-26-11-9-18/h3-5,15-18,20,26H,6-14H2,1-2H3,(H,27,32)(H,29,31)/t16-,17+,20-/m0/s1. The monoisotopic (exact) mass is 437 g/mol. The third kappa shape index (κ3) is 4.03. The quantitative estimate of drug-likeness (QED) is 0.648. The summed E-state index contributed by atoms with van der Waals surface area (Å²) in [5, 5.41) is 9.60. The number of hydrogen-bond donors (Lipinski definition) is 3. The van der Waals surface area contributed by atoms with Gasteiger partial charge in [0.15, 0.2) is 0 Å². The van der Waals surface area contributed by atoms with Gasteiger partial charge in [-0.2, -0.15) is 0 Å². The maximum absolute atomic E-state index is 13.0. The van der Waals surface area contributed by atoms with Gasteiger partial charge in [0.1, 0.15) is 11.3 Å². The van der Waals surface area contributed by atoms with Crippen LogP contribution in [0.1, 0.15) is 62.1 Å². The van der Waals surface area contributed by atoms with Crippen LogP contribution in [-0.4, -0.2) is 46.9 Å². The molecule has 3 N–H and O–H groups in total. The molecule has 2 aromatic heterocycles. The Morgan fingerprint density at radius 3 is 2.75 bits per heavy atom. The van der Waals surface area contributed by atoms with Gasteiger partial charge in [-0.3, -0.25) is 14.0 Å². The number of aromatic nitrogens is 2. The number of carbonyl (C=O) groups is 2. The summed E-state index contributed by atoms with van der Waals surface area (Å²) in [6.45, 7) is 7.38. The van der Waals surface area contributed by atoms with Crippen LogP contribution in [0, 0.1) is 23.2 Å². The fraction of sp³-hybridized carbons (Fsp3) is 0.640. The lowest BCUT2D eigenvalue weighted by molar-refractivity contribution is -0.121. The Labute approximate surface area is 189 Å². The highest BCUT2D eigenvalue weighted by Gasteiger charge is 2.53. The van der Waals surface area contributed by atoms with Gasteiger partial charge in [-0.25, -0.2) is 4.98 Å². The van der Waals surface area contributed by atoms with Crippen LogP contribution in [0.3, 0.4) is 0 Å². The normalized spacial score (nSPS) is 27.0. The predicted molar refractivity (Wildman–Crippen MR) is 123 cm³/mol. The van der Waals surface area contributed by atoms with Crippen molar-refractivity contribution in [2.75, 3.05) is 19.6 Å². The largest absolute Gasteiger partial charge is 0.353 e. The van der Waals surface area contributed by atoms with Crippen molar-refractivity contribution in [1.82, 2.24) is 25.3 Å². The Balaban J connectivity index is 1.23. The van der Waals surface area contributed by atoms with Crippen LogP contribution in [0.15, 0.2) is 24.4 Å². The van der Waals surface area contributed by atoms with E-state index in [1.54, 1.807) is 0 Å². The number of piperidine rings is 1. The fourth-order valence-electron chi connectivity index (χ4n) is 6.26. The van der Waals surface area contributed by atoms with E-state index in [0.717, 1.165) is 44.3 Å². The van der Waals surface area contributed by atoms with Crippen LogP contribution in [0.4, 0.5) is 0 Å². The molecule has 32 heavy (non-hydrogen) atoms. The topological polar surface area (TPSA) is 87.5 Å². The number of amides is 2. The zero-order valence-electron chi connectivity index (χ0n) is 19.2. The first-order valence-electron chi connectivity index (χ1n) is 12.2. The Bertz CT molecular complexity index is 1000. The van der Waals surface area contributed by atoms with Crippen LogP contribution in [0.5, 0.6) is 0 Å². The number of nitrogens with zero attached hydrogens (tertiary/aromatic N) is 2. The van der Waals surface area contributed by atoms with Crippen molar-refractivity contribution in [3.05, 3.63) is 35.8 Å². The van der Waals surface area contributed by atoms with Crippen molar-refractivity contribution in [1.29, 1.82) is 0 Å². The fourth-order valence-corrected chi connectivity index (χ4v) is 6.26. The zero-order valence-corrected chi connectivity index (χ0v) is 19.2. The average Bonchev–Trinajstić information content (AvgIpc) is 3.20. The van der Waals surface area contributed by atoms with Crippen molar-refractivity contribution in [3.63, 3.8) is 0 Å². The van der Waals surface area contributed by atoms with Crippen LogP contribution < -0.4 is 16.0 Å². The van der Waals surface area contributed by atoms with Gasteiger partial charge < -0.3 is 16.0 Å². The van der Waals surface area contributed by atoms with Crippen molar-refractivity contribution in [2.24, 2.45) is 23.2 Å². The number of rotatable bonds is 6. The van der Waals surface area contributed by atoms with E-state index in [-0.39, 0.29) is 24.3 Å². The van der Waals surface area contributed by atoms with Gasteiger partial charge in [-0.1, -0.05) is 19.9 Å². The second kappa shape index (κ2) is 8.50. The molecule has 3 aliphatic carbocycles. The summed E-state index contributed by atoms with van der Waals surface area (Å²) in [6, 6.07) is 5.80. The lowest BCUT2D eigenvalue weighted by Crippen LogP contribution is -2.54. The van der Waals surface area contributed by atoms with Crippen molar-refractivity contribution in [3.8, 4) is 0 Å². The van der Waals surface area contributed by atoms with Gasteiger partial charge in [-0.15, -0.1) is 0 Å². The lowest BCUT2D eigenvalue weighted by atomic mass is 9.45. The number of fused-ring (bicyclic) bond motifs is 3. The van der Waals surface area contributed by atoms with Gasteiger partial charge in [0, 0.05) is 18.8 Å². The van der Waals surface area contributed by atoms with Crippen molar-refractivity contribution >= 4 is 17.5 Å². The molecule has 3 heterocycles. The molecule has 6 rings (SSSR count). The second-order valence-electron chi connectivity index (χ2n) is 10.5. The summed E-state index contributed by atoms with van der Waals surface area (Å²) in [5.41, 5.74) is 2.37. The molecule has 3 saturated carbocycles. The zero-order chi connectivity index (χ0) is 22.3. The van der Waals surface area contributed by atoms with E-state index in [0.29, 0.717) is 28.4 Å². The van der Waals surface area contributed by atoms with Gasteiger partial charge in [-0.05, 0) is 80.5 Å². The minimum Gasteiger partial charge on any atom is -0.353 e. The lowest BCUT2D eigenvalue weighted by Gasteiger charge is -2.60. The Kier molecular flexibility index (Phi) is 5.70. The molecule has 0 aromatic carbocycles. The van der Waals surface area contributed by atoms with Crippen molar-refractivity contribution in [2.45, 2.75) is 58.4 Å². The maximum Gasteiger partial charge on any atom is 0.268 e. The summed E-state index contributed by atoms with van der Waals surface area (Å²) in [4.78, 5) is 30.1. The molecule has 2 amide bonds. The molecule has 7 nitrogen and oxygen atoms in total.